The minimum atomic E-state index is -0.953. The van der Waals surface area contributed by atoms with Crippen molar-refractivity contribution in [2.45, 2.75) is 46.9 Å². The average molecular weight is 280 g/mol. The number of aromatic nitrogens is 1. The van der Waals surface area contributed by atoms with Gasteiger partial charge in [0.1, 0.15) is 0 Å². The molecule has 0 saturated carbocycles. The molecular formula is C14H22NO3Si. The Kier molecular flexibility index (Phi) is 4.87. The number of carbonyl (C=O) groups is 1. The van der Waals surface area contributed by atoms with E-state index in [4.69, 9.17) is 9.53 Å². The van der Waals surface area contributed by atoms with Gasteiger partial charge in [0, 0.05) is 6.20 Å². The second-order valence-corrected chi connectivity index (χ2v) is 8.06. The van der Waals surface area contributed by atoms with Crippen LogP contribution >= 0.6 is 0 Å². The molecule has 4 nitrogen and oxygen atoms in total. The van der Waals surface area contributed by atoms with E-state index >= 15 is 0 Å². The van der Waals surface area contributed by atoms with Gasteiger partial charge in [0.05, 0.1) is 17.4 Å². The first-order valence-electron chi connectivity index (χ1n) is 6.29. The van der Waals surface area contributed by atoms with Gasteiger partial charge in [-0.15, -0.1) is 0 Å². The topological polar surface area (TPSA) is 59.4 Å². The van der Waals surface area contributed by atoms with Crippen LogP contribution in [-0.4, -0.2) is 25.1 Å². The molecule has 0 aliphatic rings. The van der Waals surface area contributed by atoms with Crippen LogP contribution in [0.5, 0.6) is 0 Å². The van der Waals surface area contributed by atoms with Crippen LogP contribution in [0.15, 0.2) is 12.3 Å². The zero-order valence-electron chi connectivity index (χ0n) is 12.4. The third-order valence-electron chi connectivity index (χ3n) is 2.75. The van der Waals surface area contributed by atoms with Crippen molar-refractivity contribution in [2.24, 2.45) is 5.41 Å². The van der Waals surface area contributed by atoms with Crippen LogP contribution in [0, 0.1) is 12.3 Å². The molecule has 0 spiro atoms. The van der Waals surface area contributed by atoms with Gasteiger partial charge < -0.3 is 9.53 Å². The lowest BCUT2D eigenvalue weighted by atomic mass is 9.85. The lowest BCUT2D eigenvalue weighted by Gasteiger charge is -2.32. The van der Waals surface area contributed by atoms with Gasteiger partial charge in [-0.1, -0.05) is 20.8 Å². The summed E-state index contributed by atoms with van der Waals surface area (Å²) in [5.41, 5.74) is 1.84. The summed E-state index contributed by atoms with van der Waals surface area (Å²) in [6.07, 6.45) is 1.30. The minimum Gasteiger partial charge on any atom is -0.478 e. The highest BCUT2D eigenvalue weighted by Gasteiger charge is 2.30. The average Bonchev–Trinajstić information content (AvgIpc) is 2.24. The molecule has 1 unspecified atom stereocenters. The minimum absolute atomic E-state index is 0.0789. The van der Waals surface area contributed by atoms with Gasteiger partial charge in [0.25, 0.3) is 0 Å². The zero-order chi connectivity index (χ0) is 14.8. The van der Waals surface area contributed by atoms with Crippen LogP contribution in [0.25, 0.3) is 0 Å². The lowest BCUT2D eigenvalue weighted by Crippen LogP contribution is -2.27. The number of nitrogens with zero attached hydrogens (tertiary/aromatic N) is 1. The highest BCUT2D eigenvalue weighted by Crippen LogP contribution is 2.37. The van der Waals surface area contributed by atoms with Gasteiger partial charge in [0.15, 0.2) is 0 Å². The fourth-order valence-corrected chi connectivity index (χ4v) is 2.79. The molecule has 1 aromatic heterocycles. The monoisotopic (exact) mass is 280 g/mol. The molecule has 0 saturated heterocycles. The molecule has 0 bridgehead atoms. The van der Waals surface area contributed by atoms with Crippen LogP contribution in [0.3, 0.4) is 0 Å². The van der Waals surface area contributed by atoms with E-state index in [1.807, 2.05) is 6.92 Å². The normalized spacial score (nSPS) is 13.6. The molecule has 0 amide bonds. The van der Waals surface area contributed by atoms with Crippen LogP contribution in [0.4, 0.5) is 0 Å². The number of hydrogen-bond donors (Lipinski definition) is 1. The van der Waals surface area contributed by atoms with E-state index in [-0.39, 0.29) is 17.1 Å². The van der Waals surface area contributed by atoms with Crippen molar-refractivity contribution in [1.29, 1.82) is 0 Å². The maximum absolute atomic E-state index is 10.9. The molecule has 1 rings (SSSR count). The Morgan fingerprint density at radius 2 is 2.00 bits per heavy atom. The molecule has 0 aromatic carbocycles. The molecular weight excluding hydrogens is 258 g/mol. The summed E-state index contributed by atoms with van der Waals surface area (Å²) in [5, 5.41) is 8.98. The summed E-state index contributed by atoms with van der Waals surface area (Å²) in [5.74, 6) is -0.953. The number of pyridine rings is 1. The van der Waals surface area contributed by atoms with E-state index in [2.05, 4.69) is 38.8 Å². The predicted octanol–water partition coefficient (Wildman–Crippen LogP) is 3.44. The Labute approximate surface area is 116 Å². The Morgan fingerprint density at radius 3 is 2.37 bits per heavy atom. The number of carboxylic acids is 1. The molecule has 1 radical (unpaired) electrons. The van der Waals surface area contributed by atoms with Crippen molar-refractivity contribution in [1.82, 2.24) is 4.98 Å². The van der Waals surface area contributed by atoms with Gasteiger partial charge in [-0.25, -0.2) is 4.79 Å². The Morgan fingerprint density at radius 1 is 1.42 bits per heavy atom. The number of hydrogen-bond acceptors (Lipinski definition) is 3. The Balaban J connectivity index is 3.20. The van der Waals surface area contributed by atoms with Crippen LogP contribution in [-0.2, 0) is 4.43 Å². The van der Waals surface area contributed by atoms with Crippen molar-refractivity contribution >= 4 is 15.0 Å². The molecule has 0 aliphatic carbocycles. The van der Waals surface area contributed by atoms with Gasteiger partial charge in [0.2, 0.25) is 9.04 Å². The first-order valence-corrected chi connectivity index (χ1v) is 8.70. The standard InChI is InChI=1S/C14H22NO3Si/c1-9-7-10(13(16)17)8-15-11(9)12(14(2,3)4)18-19(5)6/h7-8,12H,1-6H3,(H,16,17). The summed E-state index contributed by atoms with van der Waals surface area (Å²) in [6, 6.07) is 1.66. The summed E-state index contributed by atoms with van der Waals surface area (Å²) < 4.78 is 6.07. The van der Waals surface area contributed by atoms with Gasteiger partial charge in [-0.05, 0) is 37.1 Å². The highest BCUT2D eigenvalue weighted by molar-refractivity contribution is 6.48. The van der Waals surface area contributed by atoms with Crippen LogP contribution < -0.4 is 0 Å². The highest BCUT2D eigenvalue weighted by atomic mass is 28.3. The van der Waals surface area contributed by atoms with E-state index in [0.717, 1.165) is 11.3 Å². The van der Waals surface area contributed by atoms with Crippen molar-refractivity contribution in [3.05, 3.63) is 29.1 Å². The smallest absolute Gasteiger partial charge is 0.337 e. The van der Waals surface area contributed by atoms with Gasteiger partial charge >= 0.3 is 5.97 Å². The van der Waals surface area contributed by atoms with E-state index in [9.17, 15) is 4.79 Å². The van der Waals surface area contributed by atoms with Gasteiger partial charge in [-0.2, -0.15) is 0 Å². The van der Waals surface area contributed by atoms with Crippen molar-refractivity contribution in [3.8, 4) is 0 Å². The molecule has 0 fully saturated rings. The van der Waals surface area contributed by atoms with Crippen LogP contribution in [0.2, 0.25) is 13.1 Å². The van der Waals surface area contributed by atoms with Crippen molar-refractivity contribution in [3.63, 3.8) is 0 Å². The Hall–Kier alpha value is -1.20. The molecule has 1 atom stereocenters. The SMILES string of the molecule is Cc1cc(C(=O)O)cnc1C(O[Si](C)C)C(C)(C)C. The molecule has 1 N–H and O–H groups in total. The first kappa shape index (κ1) is 15.9. The summed E-state index contributed by atoms with van der Waals surface area (Å²) in [6.45, 7) is 12.4. The summed E-state index contributed by atoms with van der Waals surface area (Å²) in [4.78, 5) is 15.3. The van der Waals surface area contributed by atoms with Crippen molar-refractivity contribution < 1.29 is 14.3 Å². The number of aromatic carboxylic acids is 1. The van der Waals surface area contributed by atoms with E-state index < -0.39 is 15.0 Å². The number of rotatable bonds is 4. The predicted molar refractivity (Wildman–Crippen MR) is 76.7 cm³/mol. The second-order valence-electron chi connectivity index (χ2n) is 6.00. The lowest BCUT2D eigenvalue weighted by molar-refractivity contribution is 0.0694. The molecule has 1 aromatic rings. The fourth-order valence-electron chi connectivity index (χ4n) is 1.86. The molecule has 105 valence electrons. The Bertz CT molecular complexity index is 466. The quantitative estimate of drug-likeness (QED) is 0.858. The van der Waals surface area contributed by atoms with Crippen LogP contribution in [0.1, 0.15) is 48.5 Å². The zero-order valence-corrected chi connectivity index (χ0v) is 13.4. The molecule has 0 aliphatic heterocycles. The van der Waals surface area contributed by atoms with E-state index in [1.165, 1.54) is 6.20 Å². The number of aryl methyl sites for hydroxylation is 1. The first-order chi connectivity index (χ1) is 8.62. The summed E-state index contributed by atoms with van der Waals surface area (Å²) in [7, 11) is -0.862. The van der Waals surface area contributed by atoms with Gasteiger partial charge in [-0.3, -0.25) is 4.98 Å². The van der Waals surface area contributed by atoms with E-state index in [1.54, 1.807) is 6.07 Å². The fraction of sp³-hybridized carbons (Fsp3) is 0.571. The maximum Gasteiger partial charge on any atom is 0.337 e. The molecule has 1 heterocycles. The second kappa shape index (κ2) is 5.84. The number of carboxylic acid groups (broad SMARTS) is 1. The maximum atomic E-state index is 10.9. The largest absolute Gasteiger partial charge is 0.478 e. The third kappa shape index (κ3) is 4.14. The third-order valence-corrected chi connectivity index (χ3v) is 3.46. The molecule has 5 heteroatoms. The molecule has 19 heavy (non-hydrogen) atoms. The summed E-state index contributed by atoms with van der Waals surface area (Å²) >= 11 is 0. The van der Waals surface area contributed by atoms with E-state index in [0.29, 0.717) is 0 Å². The van der Waals surface area contributed by atoms with Crippen molar-refractivity contribution in [2.75, 3.05) is 0 Å².